The van der Waals surface area contributed by atoms with Crippen molar-refractivity contribution in [2.75, 3.05) is 18.1 Å². The van der Waals surface area contributed by atoms with E-state index in [1.54, 1.807) is 13.8 Å². The summed E-state index contributed by atoms with van der Waals surface area (Å²) in [5.41, 5.74) is 1.25. The normalized spacial score (nSPS) is 10.6. The van der Waals surface area contributed by atoms with E-state index in [0.29, 0.717) is 29.0 Å². The molecule has 22 heavy (non-hydrogen) atoms. The molecular weight excluding hydrogens is 316 g/mol. The number of ether oxygens (including phenoxy) is 1. The van der Waals surface area contributed by atoms with E-state index in [2.05, 4.69) is 10.1 Å². The average Bonchev–Trinajstić information content (AvgIpc) is 2.41. The van der Waals surface area contributed by atoms with Gasteiger partial charge in [0.05, 0.1) is 5.75 Å². The molecule has 1 aromatic carbocycles. The number of thioether (sulfide) groups is 1. The van der Waals surface area contributed by atoms with Crippen LogP contribution in [0.15, 0.2) is 12.1 Å². The molecule has 8 heteroatoms. The summed E-state index contributed by atoms with van der Waals surface area (Å²) >= 11 is 1.20. The molecule has 0 aromatic heterocycles. The SMILES string of the molecule is Cc1cc(C(=O)NCCSCC(=O)O)cc(C)c1OC(F)F. The first kappa shape index (κ1) is 18.2. The van der Waals surface area contributed by atoms with Crippen molar-refractivity contribution < 1.29 is 28.2 Å². The number of aryl methyl sites for hydroxylation is 2. The summed E-state index contributed by atoms with van der Waals surface area (Å²) in [5.74, 6) is -0.720. The van der Waals surface area contributed by atoms with Gasteiger partial charge in [-0.2, -0.15) is 8.78 Å². The van der Waals surface area contributed by atoms with Gasteiger partial charge in [0.25, 0.3) is 5.91 Å². The van der Waals surface area contributed by atoms with E-state index in [1.807, 2.05) is 0 Å². The zero-order chi connectivity index (χ0) is 16.7. The molecule has 0 aliphatic rings. The average molecular weight is 333 g/mol. The second-order valence-electron chi connectivity index (χ2n) is 4.52. The van der Waals surface area contributed by atoms with Crippen molar-refractivity contribution in [2.45, 2.75) is 20.5 Å². The number of alkyl halides is 2. The molecule has 0 aliphatic heterocycles. The largest absolute Gasteiger partial charge is 0.481 e. The highest BCUT2D eigenvalue weighted by molar-refractivity contribution is 7.99. The number of carboxylic acids is 1. The molecule has 122 valence electrons. The lowest BCUT2D eigenvalue weighted by atomic mass is 10.1. The number of halogens is 2. The van der Waals surface area contributed by atoms with Gasteiger partial charge >= 0.3 is 12.6 Å². The van der Waals surface area contributed by atoms with Gasteiger partial charge in [-0.25, -0.2) is 0 Å². The number of carbonyl (C=O) groups excluding carboxylic acids is 1. The van der Waals surface area contributed by atoms with Gasteiger partial charge in [-0.15, -0.1) is 11.8 Å². The maximum absolute atomic E-state index is 12.3. The van der Waals surface area contributed by atoms with E-state index in [-0.39, 0.29) is 17.4 Å². The molecule has 0 radical (unpaired) electrons. The number of carboxylic acid groups (broad SMARTS) is 1. The monoisotopic (exact) mass is 333 g/mol. The van der Waals surface area contributed by atoms with Gasteiger partial charge in [0.1, 0.15) is 5.75 Å². The highest BCUT2D eigenvalue weighted by Crippen LogP contribution is 2.26. The number of hydrogen-bond donors (Lipinski definition) is 2. The standard InChI is InChI=1S/C14H17F2NO4S/c1-8-5-10(6-9(2)12(8)21-14(15)16)13(20)17-3-4-22-7-11(18)19/h5-6,14H,3-4,7H2,1-2H3,(H,17,20)(H,18,19). The van der Waals surface area contributed by atoms with Gasteiger partial charge in [-0.1, -0.05) is 0 Å². The van der Waals surface area contributed by atoms with Crippen molar-refractivity contribution in [1.29, 1.82) is 0 Å². The van der Waals surface area contributed by atoms with Crippen LogP contribution in [0, 0.1) is 13.8 Å². The molecule has 1 rings (SSSR count). The molecule has 1 aromatic rings. The van der Waals surface area contributed by atoms with Crippen molar-refractivity contribution in [3.63, 3.8) is 0 Å². The minimum Gasteiger partial charge on any atom is -0.481 e. The fourth-order valence-electron chi connectivity index (χ4n) is 1.85. The minimum atomic E-state index is -2.91. The second-order valence-corrected chi connectivity index (χ2v) is 5.63. The van der Waals surface area contributed by atoms with Crippen molar-refractivity contribution in [3.05, 3.63) is 28.8 Å². The van der Waals surface area contributed by atoms with Gasteiger partial charge in [0.15, 0.2) is 0 Å². The molecule has 0 unspecified atom stereocenters. The summed E-state index contributed by atoms with van der Waals surface area (Å²) < 4.78 is 29.0. The number of amides is 1. The summed E-state index contributed by atoms with van der Waals surface area (Å²) in [5, 5.41) is 11.1. The van der Waals surface area contributed by atoms with E-state index in [9.17, 15) is 18.4 Å². The molecule has 2 N–H and O–H groups in total. The fourth-order valence-corrected chi connectivity index (χ4v) is 2.42. The minimum absolute atomic E-state index is 0.0201. The Morgan fingerprint density at radius 3 is 2.41 bits per heavy atom. The zero-order valence-corrected chi connectivity index (χ0v) is 13.0. The van der Waals surface area contributed by atoms with E-state index < -0.39 is 12.6 Å². The van der Waals surface area contributed by atoms with Gasteiger partial charge in [-0.3, -0.25) is 9.59 Å². The number of rotatable bonds is 8. The molecular formula is C14H17F2NO4S. The van der Waals surface area contributed by atoms with E-state index in [4.69, 9.17) is 5.11 Å². The van der Waals surface area contributed by atoms with Gasteiger partial charge in [0.2, 0.25) is 0 Å². The summed E-state index contributed by atoms with van der Waals surface area (Å²) in [6.07, 6.45) is 0. The van der Waals surface area contributed by atoms with Crippen molar-refractivity contribution in [3.8, 4) is 5.75 Å². The van der Waals surface area contributed by atoms with Crippen LogP contribution < -0.4 is 10.1 Å². The Morgan fingerprint density at radius 1 is 1.32 bits per heavy atom. The first-order chi connectivity index (χ1) is 10.3. The van der Waals surface area contributed by atoms with Crippen LogP contribution in [0.3, 0.4) is 0 Å². The highest BCUT2D eigenvalue weighted by atomic mass is 32.2. The Hall–Kier alpha value is -1.83. The molecule has 0 bridgehead atoms. The van der Waals surface area contributed by atoms with Crippen molar-refractivity contribution in [1.82, 2.24) is 5.32 Å². The van der Waals surface area contributed by atoms with Gasteiger partial charge in [-0.05, 0) is 37.1 Å². The van der Waals surface area contributed by atoms with Crippen molar-refractivity contribution >= 4 is 23.6 Å². The van der Waals surface area contributed by atoms with Crippen LogP contribution in [-0.4, -0.2) is 41.6 Å². The van der Waals surface area contributed by atoms with E-state index >= 15 is 0 Å². The van der Waals surface area contributed by atoms with Crippen LogP contribution in [-0.2, 0) is 4.79 Å². The van der Waals surface area contributed by atoms with Crippen molar-refractivity contribution in [2.24, 2.45) is 0 Å². The van der Waals surface area contributed by atoms with Crippen LogP contribution in [0.5, 0.6) is 5.75 Å². The zero-order valence-electron chi connectivity index (χ0n) is 12.2. The molecule has 0 saturated heterocycles. The van der Waals surface area contributed by atoms with E-state index in [0.717, 1.165) is 0 Å². The Morgan fingerprint density at radius 2 is 1.91 bits per heavy atom. The number of carbonyl (C=O) groups is 2. The third-order valence-electron chi connectivity index (χ3n) is 2.69. The molecule has 0 saturated carbocycles. The Kier molecular flexibility index (Phi) is 7.10. The molecule has 0 heterocycles. The molecule has 0 fully saturated rings. The number of hydrogen-bond acceptors (Lipinski definition) is 4. The Labute approximate surface area is 131 Å². The predicted octanol–water partition coefficient (Wildman–Crippen LogP) is 2.45. The maximum Gasteiger partial charge on any atom is 0.387 e. The number of nitrogens with one attached hydrogen (secondary N) is 1. The quantitative estimate of drug-likeness (QED) is 0.715. The fraction of sp³-hybridized carbons (Fsp3) is 0.429. The molecule has 0 spiro atoms. The third-order valence-corrected chi connectivity index (χ3v) is 3.63. The Balaban J connectivity index is 2.61. The number of benzene rings is 1. The van der Waals surface area contributed by atoms with E-state index in [1.165, 1.54) is 23.9 Å². The second kappa shape index (κ2) is 8.57. The summed E-state index contributed by atoms with van der Waals surface area (Å²) in [4.78, 5) is 22.3. The van der Waals surface area contributed by atoms with Crippen LogP contribution >= 0.6 is 11.8 Å². The molecule has 0 aliphatic carbocycles. The maximum atomic E-state index is 12.3. The van der Waals surface area contributed by atoms with Crippen LogP contribution in [0.2, 0.25) is 0 Å². The summed E-state index contributed by atoms with van der Waals surface area (Å²) in [6.45, 7) is 0.585. The van der Waals surface area contributed by atoms with Gasteiger partial charge < -0.3 is 15.2 Å². The Bertz CT molecular complexity index is 529. The van der Waals surface area contributed by atoms with Crippen LogP contribution in [0.1, 0.15) is 21.5 Å². The first-order valence-corrected chi connectivity index (χ1v) is 7.60. The van der Waals surface area contributed by atoms with Gasteiger partial charge in [0, 0.05) is 17.9 Å². The smallest absolute Gasteiger partial charge is 0.387 e. The molecule has 0 atom stereocenters. The lowest BCUT2D eigenvalue weighted by Crippen LogP contribution is -2.26. The highest BCUT2D eigenvalue weighted by Gasteiger charge is 2.14. The number of aliphatic carboxylic acids is 1. The topological polar surface area (TPSA) is 75.6 Å². The third kappa shape index (κ3) is 5.88. The van der Waals surface area contributed by atoms with Crippen LogP contribution in [0.4, 0.5) is 8.78 Å². The lowest BCUT2D eigenvalue weighted by Gasteiger charge is -2.13. The molecule has 5 nitrogen and oxygen atoms in total. The molecule has 1 amide bonds. The lowest BCUT2D eigenvalue weighted by molar-refractivity contribution is -0.133. The predicted molar refractivity (Wildman–Crippen MR) is 79.8 cm³/mol. The summed E-state index contributed by atoms with van der Waals surface area (Å²) in [7, 11) is 0. The first-order valence-electron chi connectivity index (χ1n) is 6.45. The summed E-state index contributed by atoms with van der Waals surface area (Å²) in [6, 6.07) is 2.95. The van der Waals surface area contributed by atoms with Crippen LogP contribution in [0.25, 0.3) is 0 Å².